The fraction of sp³-hybridized carbons (Fsp3) is 0.476. The number of nitrogens with zero attached hydrogens (tertiary/aromatic N) is 4. The first kappa shape index (κ1) is 20.7. The highest BCUT2D eigenvalue weighted by Gasteiger charge is 2.23. The number of aryl methyl sites for hydroxylation is 1. The quantitative estimate of drug-likeness (QED) is 0.767. The predicted molar refractivity (Wildman–Crippen MR) is 113 cm³/mol. The summed E-state index contributed by atoms with van der Waals surface area (Å²) in [5.74, 6) is 2.36. The smallest absolute Gasteiger partial charge is 0.409 e. The third kappa shape index (κ3) is 5.73. The second kappa shape index (κ2) is 9.95. The van der Waals surface area contributed by atoms with Crippen molar-refractivity contribution in [2.24, 2.45) is 0 Å². The number of piperazine rings is 1. The standard InChI is InChI=1S/C21H29N5O3/c1-4-29-21(27)26-12-10-25(11-13-26)19-14-16(2)23-20(24-19)22-9-8-17-6-5-7-18(15-17)28-3/h5-7,14-15H,4,8-13H2,1-3H3,(H,22,23,24). The zero-order valence-electron chi connectivity index (χ0n) is 17.4. The number of carbonyl (C=O) groups is 1. The van der Waals surface area contributed by atoms with Crippen LogP contribution in [0.25, 0.3) is 0 Å². The Morgan fingerprint density at radius 1 is 1.17 bits per heavy atom. The van der Waals surface area contributed by atoms with Gasteiger partial charge in [-0.1, -0.05) is 12.1 Å². The summed E-state index contributed by atoms with van der Waals surface area (Å²) in [6.07, 6.45) is 0.605. The average Bonchev–Trinajstić information content (AvgIpc) is 2.74. The number of amides is 1. The van der Waals surface area contributed by atoms with Gasteiger partial charge in [-0.05, 0) is 38.0 Å². The van der Waals surface area contributed by atoms with Crippen LogP contribution < -0.4 is 15.0 Å². The maximum Gasteiger partial charge on any atom is 0.409 e. The molecule has 1 aromatic carbocycles. The number of benzene rings is 1. The Kier molecular flexibility index (Phi) is 7.10. The van der Waals surface area contributed by atoms with Gasteiger partial charge in [0.05, 0.1) is 13.7 Å². The van der Waals surface area contributed by atoms with Gasteiger partial charge in [0.25, 0.3) is 0 Å². The van der Waals surface area contributed by atoms with Crippen LogP contribution in [0.4, 0.5) is 16.6 Å². The summed E-state index contributed by atoms with van der Waals surface area (Å²) in [6, 6.07) is 10.0. The number of hydrogen-bond donors (Lipinski definition) is 1. The van der Waals surface area contributed by atoms with E-state index in [0.29, 0.717) is 25.6 Å². The molecule has 0 bridgehead atoms. The van der Waals surface area contributed by atoms with Gasteiger partial charge in [0.1, 0.15) is 11.6 Å². The minimum absolute atomic E-state index is 0.245. The van der Waals surface area contributed by atoms with Crippen LogP contribution in [0, 0.1) is 6.92 Å². The Balaban J connectivity index is 1.56. The lowest BCUT2D eigenvalue weighted by Gasteiger charge is -2.34. The molecule has 1 aliphatic rings. The minimum Gasteiger partial charge on any atom is -0.497 e. The van der Waals surface area contributed by atoms with Crippen molar-refractivity contribution in [3.8, 4) is 5.75 Å². The predicted octanol–water partition coefficient (Wildman–Crippen LogP) is 2.73. The highest BCUT2D eigenvalue weighted by atomic mass is 16.6. The summed E-state index contributed by atoms with van der Waals surface area (Å²) in [7, 11) is 1.67. The molecule has 3 rings (SSSR count). The molecule has 1 fully saturated rings. The van der Waals surface area contributed by atoms with Gasteiger partial charge in [0.15, 0.2) is 0 Å². The van der Waals surface area contributed by atoms with E-state index in [-0.39, 0.29) is 6.09 Å². The molecular weight excluding hydrogens is 370 g/mol. The Hall–Kier alpha value is -3.03. The molecule has 1 saturated heterocycles. The van der Waals surface area contributed by atoms with Crippen molar-refractivity contribution in [1.82, 2.24) is 14.9 Å². The molecule has 0 aliphatic carbocycles. The lowest BCUT2D eigenvalue weighted by molar-refractivity contribution is 0.105. The van der Waals surface area contributed by atoms with E-state index in [1.54, 1.807) is 12.0 Å². The number of carbonyl (C=O) groups excluding carboxylic acids is 1. The Morgan fingerprint density at radius 3 is 2.69 bits per heavy atom. The number of nitrogens with one attached hydrogen (secondary N) is 1. The Morgan fingerprint density at radius 2 is 1.97 bits per heavy atom. The van der Waals surface area contributed by atoms with Gasteiger partial charge in [-0.2, -0.15) is 4.98 Å². The second-order valence-corrected chi connectivity index (χ2v) is 6.89. The van der Waals surface area contributed by atoms with E-state index in [1.807, 2.05) is 38.1 Å². The van der Waals surface area contributed by atoms with Crippen LogP contribution in [0.1, 0.15) is 18.2 Å². The van der Waals surface area contributed by atoms with E-state index in [0.717, 1.165) is 43.3 Å². The molecule has 2 aromatic rings. The van der Waals surface area contributed by atoms with Crippen LogP contribution in [0.5, 0.6) is 5.75 Å². The van der Waals surface area contributed by atoms with Gasteiger partial charge >= 0.3 is 6.09 Å². The topological polar surface area (TPSA) is 79.8 Å². The fourth-order valence-electron chi connectivity index (χ4n) is 3.27. The van der Waals surface area contributed by atoms with Crippen LogP contribution in [0.15, 0.2) is 30.3 Å². The lowest BCUT2D eigenvalue weighted by atomic mass is 10.1. The first-order chi connectivity index (χ1) is 14.1. The highest BCUT2D eigenvalue weighted by Crippen LogP contribution is 2.18. The molecule has 0 unspecified atom stereocenters. The molecule has 0 atom stereocenters. The van der Waals surface area contributed by atoms with E-state index < -0.39 is 0 Å². The molecule has 1 aliphatic heterocycles. The van der Waals surface area contributed by atoms with Crippen molar-refractivity contribution >= 4 is 17.9 Å². The number of anilines is 2. The summed E-state index contributed by atoms with van der Waals surface area (Å²) in [4.78, 5) is 25.0. The lowest BCUT2D eigenvalue weighted by Crippen LogP contribution is -2.49. The van der Waals surface area contributed by atoms with Crippen molar-refractivity contribution in [3.05, 3.63) is 41.6 Å². The van der Waals surface area contributed by atoms with Crippen molar-refractivity contribution in [2.75, 3.05) is 56.7 Å². The molecule has 1 aromatic heterocycles. The van der Waals surface area contributed by atoms with Crippen molar-refractivity contribution in [1.29, 1.82) is 0 Å². The first-order valence-corrected chi connectivity index (χ1v) is 9.98. The van der Waals surface area contributed by atoms with Gasteiger partial charge in [0, 0.05) is 44.5 Å². The summed E-state index contributed by atoms with van der Waals surface area (Å²) in [6.45, 7) is 7.60. The molecule has 8 heteroatoms. The zero-order chi connectivity index (χ0) is 20.6. The van der Waals surface area contributed by atoms with E-state index in [1.165, 1.54) is 5.56 Å². The molecule has 1 N–H and O–H groups in total. The minimum atomic E-state index is -0.245. The molecule has 1 amide bonds. The third-order valence-electron chi connectivity index (χ3n) is 4.80. The van der Waals surface area contributed by atoms with Crippen LogP contribution in [0.2, 0.25) is 0 Å². The van der Waals surface area contributed by atoms with Gasteiger partial charge in [-0.15, -0.1) is 0 Å². The molecule has 0 saturated carbocycles. The molecule has 0 spiro atoms. The van der Waals surface area contributed by atoms with E-state index >= 15 is 0 Å². The summed E-state index contributed by atoms with van der Waals surface area (Å²) >= 11 is 0. The number of methoxy groups -OCH3 is 1. The van der Waals surface area contributed by atoms with Crippen LogP contribution in [-0.2, 0) is 11.2 Å². The van der Waals surface area contributed by atoms with E-state index in [2.05, 4.69) is 26.3 Å². The molecular formula is C21H29N5O3. The van der Waals surface area contributed by atoms with Gasteiger partial charge in [-0.3, -0.25) is 0 Å². The van der Waals surface area contributed by atoms with Crippen LogP contribution >= 0.6 is 0 Å². The van der Waals surface area contributed by atoms with E-state index in [9.17, 15) is 4.79 Å². The third-order valence-corrected chi connectivity index (χ3v) is 4.80. The van der Waals surface area contributed by atoms with Crippen LogP contribution in [-0.4, -0.2) is 67.4 Å². The summed E-state index contributed by atoms with van der Waals surface area (Å²) in [5.41, 5.74) is 2.10. The monoisotopic (exact) mass is 399 g/mol. The molecule has 2 heterocycles. The first-order valence-electron chi connectivity index (χ1n) is 9.98. The summed E-state index contributed by atoms with van der Waals surface area (Å²) < 4.78 is 10.4. The van der Waals surface area contributed by atoms with Crippen molar-refractivity contribution < 1.29 is 14.3 Å². The maximum atomic E-state index is 11.9. The maximum absolute atomic E-state index is 11.9. The number of rotatable bonds is 7. The Bertz CT molecular complexity index is 822. The summed E-state index contributed by atoms with van der Waals surface area (Å²) in [5, 5.41) is 3.32. The second-order valence-electron chi connectivity index (χ2n) is 6.89. The number of aromatic nitrogens is 2. The van der Waals surface area contributed by atoms with Crippen molar-refractivity contribution in [3.63, 3.8) is 0 Å². The molecule has 29 heavy (non-hydrogen) atoms. The normalized spacial score (nSPS) is 13.9. The van der Waals surface area contributed by atoms with Gasteiger partial charge in [0.2, 0.25) is 5.95 Å². The zero-order valence-corrected chi connectivity index (χ0v) is 17.4. The number of hydrogen-bond acceptors (Lipinski definition) is 7. The molecule has 156 valence electrons. The number of ether oxygens (including phenoxy) is 2. The van der Waals surface area contributed by atoms with Gasteiger partial charge < -0.3 is 24.6 Å². The van der Waals surface area contributed by atoms with E-state index in [4.69, 9.17) is 9.47 Å². The van der Waals surface area contributed by atoms with Crippen LogP contribution in [0.3, 0.4) is 0 Å². The fourth-order valence-corrected chi connectivity index (χ4v) is 3.27. The SMILES string of the molecule is CCOC(=O)N1CCN(c2cc(C)nc(NCCc3cccc(OC)c3)n2)CC1. The molecule has 0 radical (unpaired) electrons. The largest absolute Gasteiger partial charge is 0.497 e. The Labute approximate surface area is 171 Å². The van der Waals surface area contributed by atoms with Crippen molar-refractivity contribution in [2.45, 2.75) is 20.3 Å². The molecule has 8 nitrogen and oxygen atoms in total. The highest BCUT2D eigenvalue weighted by molar-refractivity contribution is 5.68. The average molecular weight is 399 g/mol. The van der Waals surface area contributed by atoms with Gasteiger partial charge in [-0.25, -0.2) is 9.78 Å².